The Balaban J connectivity index is 1.89. The van der Waals surface area contributed by atoms with Crippen molar-refractivity contribution in [1.29, 1.82) is 0 Å². The minimum absolute atomic E-state index is 0.0165. The van der Waals surface area contributed by atoms with Crippen LogP contribution >= 0.6 is 22.9 Å². The van der Waals surface area contributed by atoms with E-state index in [0.717, 1.165) is 28.5 Å². The molecular formula is C13H11ClNO2S. The Morgan fingerprint density at radius 1 is 1.56 bits per heavy atom. The third-order valence-electron chi connectivity index (χ3n) is 2.75. The number of rotatable bonds is 3. The van der Waals surface area contributed by atoms with Crippen LogP contribution in [0.1, 0.15) is 5.56 Å². The van der Waals surface area contributed by atoms with Crippen LogP contribution in [-0.2, 0) is 6.42 Å². The lowest BCUT2D eigenvalue weighted by atomic mass is 10.1. The fraction of sp³-hybridized carbons (Fsp3) is 0.231. The van der Waals surface area contributed by atoms with Crippen molar-refractivity contribution in [3.63, 3.8) is 0 Å². The van der Waals surface area contributed by atoms with Gasteiger partial charge in [0.15, 0.2) is 5.06 Å². The molecule has 0 fully saturated rings. The number of halogens is 1. The van der Waals surface area contributed by atoms with Gasteiger partial charge in [-0.15, -0.1) is 0 Å². The van der Waals surface area contributed by atoms with Crippen molar-refractivity contribution in [2.24, 2.45) is 5.73 Å². The number of thiophene rings is 1. The van der Waals surface area contributed by atoms with Crippen LogP contribution in [0.2, 0.25) is 5.02 Å². The molecular weight excluding hydrogens is 270 g/mol. The van der Waals surface area contributed by atoms with Gasteiger partial charge in [-0.2, -0.15) is 0 Å². The number of fused-ring (bicyclic) bond motifs is 1. The molecule has 18 heavy (non-hydrogen) atoms. The maximum Gasteiger partial charge on any atom is 0.181 e. The van der Waals surface area contributed by atoms with E-state index in [4.69, 9.17) is 26.8 Å². The van der Waals surface area contributed by atoms with E-state index in [9.17, 15) is 0 Å². The van der Waals surface area contributed by atoms with Crippen molar-refractivity contribution in [3.05, 3.63) is 40.2 Å². The molecule has 2 heterocycles. The molecule has 2 N–H and O–H groups in total. The fourth-order valence-electron chi connectivity index (χ4n) is 1.95. The molecule has 1 atom stereocenters. The van der Waals surface area contributed by atoms with Gasteiger partial charge in [-0.25, -0.2) is 0 Å². The minimum atomic E-state index is 0.0165. The minimum Gasteiger partial charge on any atom is -0.487 e. The topological polar surface area (TPSA) is 44.5 Å². The smallest absolute Gasteiger partial charge is 0.181 e. The summed E-state index contributed by atoms with van der Waals surface area (Å²) >= 11 is 7.61. The highest BCUT2D eigenvalue weighted by Gasteiger charge is 2.25. The first-order chi connectivity index (χ1) is 8.76. The van der Waals surface area contributed by atoms with E-state index in [1.54, 1.807) is 6.07 Å². The zero-order valence-corrected chi connectivity index (χ0v) is 11.1. The highest BCUT2D eigenvalue weighted by atomic mass is 35.5. The van der Waals surface area contributed by atoms with Crippen molar-refractivity contribution >= 4 is 22.9 Å². The largest absolute Gasteiger partial charge is 0.487 e. The first-order valence-electron chi connectivity index (χ1n) is 5.59. The van der Waals surface area contributed by atoms with E-state index in [1.807, 2.05) is 18.2 Å². The molecule has 0 saturated heterocycles. The summed E-state index contributed by atoms with van der Waals surface area (Å²) in [6.07, 6.45) is 0.794. The standard InChI is InChI=1S/C13H11ClNO2S/c14-11-6-9(16-12-2-1-3-18-12)4-8-5-10(7-15)17-13(8)11/h1-2,4,6,10H,5,7,15H2. The van der Waals surface area contributed by atoms with E-state index in [-0.39, 0.29) is 6.10 Å². The summed E-state index contributed by atoms with van der Waals surface area (Å²) in [7, 11) is 0. The first-order valence-corrected chi connectivity index (χ1v) is 6.78. The number of benzene rings is 1. The van der Waals surface area contributed by atoms with Crippen molar-refractivity contribution in [2.45, 2.75) is 12.5 Å². The number of nitrogens with two attached hydrogens (primary N) is 1. The molecule has 1 radical (unpaired) electrons. The summed E-state index contributed by atoms with van der Waals surface area (Å²) in [6, 6.07) is 7.41. The van der Waals surface area contributed by atoms with Gasteiger partial charge in [0.25, 0.3) is 0 Å². The van der Waals surface area contributed by atoms with Gasteiger partial charge in [0.2, 0.25) is 0 Å². The van der Waals surface area contributed by atoms with E-state index in [0.29, 0.717) is 11.6 Å². The van der Waals surface area contributed by atoms with Crippen LogP contribution in [0.5, 0.6) is 16.6 Å². The van der Waals surface area contributed by atoms with Gasteiger partial charge in [0.05, 0.1) is 5.02 Å². The van der Waals surface area contributed by atoms with Crippen LogP contribution in [0.4, 0.5) is 0 Å². The monoisotopic (exact) mass is 280 g/mol. The van der Waals surface area contributed by atoms with Crippen LogP contribution in [0.3, 0.4) is 0 Å². The number of hydrogen-bond acceptors (Lipinski definition) is 4. The maximum absolute atomic E-state index is 6.19. The molecule has 0 amide bonds. The lowest BCUT2D eigenvalue weighted by Crippen LogP contribution is -2.24. The van der Waals surface area contributed by atoms with Gasteiger partial charge in [0, 0.05) is 30.0 Å². The lowest BCUT2D eigenvalue weighted by Gasteiger charge is -2.08. The quantitative estimate of drug-likeness (QED) is 0.939. The van der Waals surface area contributed by atoms with E-state index >= 15 is 0 Å². The molecule has 5 heteroatoms. The molecule has 2 aromatic rings. The summed E-state index contributed by atoms with van der Waals surface area (Å²) in [5, 5.41) is 4.34. The Hall–Kier alpha value is -1.23. The molecule has 0 bridgehead atoms. The molecule has 93 valence electrons. The second-order valence-electron chi connectivity index (χ2n) is 4.05. The van der Waals surface area contributed by atoms with Crippen LogP contribution in [-0.4, -0.2) is 12.6 Å². The Morgan fingerprint density at radius 3 is 3.17 bits per heavy atom. The van der Waals surface area contributed by atoms with Gasteiger partial charge >= 0.3 is 0 Å². The molecule has 1 aromatic carbocycles. The van der Waals surface area contributed by atoms with Gasteiger partial charge in [-0.05, 0) is 18.2 Å². The van der Waals surface area contributed by atoms with E-state index < -0.39 is 0 Å². The van der Waals surface area contributed by atoms with Crippen molar-refractivity contribution in [3.8, 4) is 16.6 Å². The summed E-state index contributed by atoms with van der Waals surface area (Å²) in [6.45, 7) is 0.487. The summed E-state index contributed by atoms with van der Waals surface area (Å²) in [5.74, 6) is 1.45. The predicted octanol–water partition coefficient (Wildman–Crippen LogP) is 3.26. The second-order valence-corrected chi connectivity index (χ2v) is 5.30. The van der Waals surface area contributed by atoms with Crippen molar-refractivity contribution in [2.75, 3.05) is 6.54 Å². The third kappa shape index (κ3) is 2.19. The van der Waals surface area contributed by atoms with Crippen LogP contribution < -0.4 is 15.2 Å². The molecule has 1 aromatic heterocycles. The average Bonchev–Trinajstić information content (AvgIpc) is 2.97. The number of hydrogen-bond donors (Lipinski definition) is 1. The van der Waals surface area contributed by atoms with Gasteiger partial charge in [-0.3, -0.25) is 0 Å². The molecule has 3 rings (SSSR count). The molecule has 1 unspecified atom stereocenters. The molecule has 0 spiro atoms. The van der Waals surface area contributed by atoms with Crippen molar-refractivity contribution < 1.29 is 9.47 Å². The molecule has 0 saturated carbocycles. The van der Waals surface area contributed by atoms with E-state index in [2.05, 4.69) is 5.38 Å². The molecule has 1 aliphatic heterocycles. The molecule has 3 nitrogen and oxygen atoms in total. The lowest BCUT2D eigenvalue weighted by molar-refractivity contribution is 0.241. The van der Waals surface area contributed by atoms with E-state index in [1.165, 1.54) is 11.3 Å². The highest BCUT2D eigenvalue weighted by Crippen LogP contribution is 2.40. The molecule has 0 aliphatic carbocycles. The first kappa shape index (κ1) is 11.8. The zero-order valence-electron chi connectivity index (χ0n) is 9.48. The maximum atomic E-state index is 6.19. The summed E-state index contributed by atoms with van der Waals surface area (Å²) < 4.78 is 11.4. The highest BCUT2D eigenvalue weighted by molar-refractivity contribution is 7.11. The van der Waals surface area contributed by atoms with Gasteiger partial charge < -0.3 is 15.2 Å². The summed E-state index contributed by atoms with van der Waals surface area (Å²) in [5.41, 5.74) is 6.66. The van der Waals surface area contributed by atoms with Crippen LogP contribution in [0.25, 0.3) is 0 Å². The zero-order chi connectivity index (χ0) is 12.5. The third-order valence-corrected chi connectivity index (χ3v) is 3.71. The average molecular weight is 281 g/mol. The summed E-state index contributed by atoms with van der Waals surface area (Å²) in [4.78, 5) is 0. The normalized spacial score (nSPS) is 17.3. The van der Waals surface area contributed by atoms with Crippen molar-refractivity contribution in [1.82, 2.24) is 0 Å². The Labute approximate surface area is 114 Å². The number of ether oxygens (including phenoxy) is 2. The van der Waals surface area contributed by atoms with Gasteiger partial charge in [-0.1, -0.05) is 22.9 Å². The Morgan fingerprint density at radius 2 is 2.44 bits per heavy atom. The fourth-order valence-corrected chi connectivity index (χ4v) is 2.75. The molecule has 1 aliphatic rings. The Kier molecular flexibility index (Phi) is 3.16. The van der Waals surface area contributed by atoms with Gasteiger partial charge in [0.1, 0.15) is 17.6 Å². The Bertz CT molecular complexity index is 556. The SMILES string of the molecule is NCC1Cc2cc(Oc3cc[c]s3)cc(Cl)c2O1. The van der Waals surface area contributed by atoms with Crippen LogP contribution in [0.15, 0.2) is 24.3 Å². The second kappa shape index (κ2) is 4.80. The predicted molar refractivity (Wildman–Crippen MR) is 71.9 cm³/mol. The van der Waals surface area contributed by atoms with Crippen LogP contribution in [0, 0.1) is 5.38 Å².